The van der Waals surface area contributed by atoms with Crippen LogP contribution < -0.4 is 9.46 Å². The van der Waals surface area contributed by atoms with E-state index >= 15 is 0 Å². The van der Waals surface area contributed by atoms with E-state index in [-0.39, 0.29) is 35.4 Å². The Labute approximate surface area is 182 Å². The predicted octanol–water partition coefficient (Wildman–Crippen LogP) is 3.03. The molecule has 2 aromatic rings. The zero-order valence-corrected chi connectivity index (χ0v) is 18.1. The van der Waals surface area contributed by atoms with Gasteiger partial charge in [0.15, 0.2) is 0 Å². The monoisotopic (exact) mass is 443 g/mol. The van der Waals surface area contributed by atoms with Crippen molar-refractivity contribution in [2.24, 2.45) is 0 Å². The van der Waals surface area contributed by atoms with Crippen LogP contribution in [0.2, 0.25) is 0 Å². The van der Waals surface area contributed by atoms with Crippen molar-refractivity contribution in [3.05, 3.63) is 54.1 Å². The summed E-state index contributed by atoms with van der Waals surface area (Å²) in [4.78, 5) is 14.9. The molecule has 164 valence electrons. The molecule has 1 N–H and O–H groups in total. The Kier molecular flexibility index (Phi) is 7.50. The van der Waals surface area contributed by atoms with Crippen molar-refractivity contribution in [2.45, 2.75) is 30.2 Å². The summed E-state index contributed by atoms with van der Waals surface area (Å²) >= 11 is 0. The molecule has 0 spiro atoms. The van der Waals surface area contributed by atoms with Gasteiger partial charge in [-0.15, -0.1) is 0 Å². The second-order valence-electron chi connectivity index (χ2n) is 7.08. The molecular weight excluding hydrogens is 418 g/mol. The molecule has 1 aliphatic rings. The van der Waals surface area contributed by atoms with Gasteiger partial charge >= 0.3 is 0 Å². The fraction of sp³-hybridized carbons (Fsp3) is 0.364. The summed E-state index contributed by atoms with van der Waals surface area (Å²) in [5.41, 5.74) is 0.562. The molecule has 3 rings (SSSR count). The SMILES string of the molecule is COc1ccccc1NS(=O)(=O)c1cccc(C(=O)N(CCC#N)C2CCOCC2)c1. The van der Waals surface area contributed by atoms with Gasteiger partial charge in [-0.1, -0.05) is 18.2 Å². The number of hydrogen-bond donors (Lipinski definition) is 1. The van der Waals surface area contributed by atoms with Crippen molar-refractivity contribution in [1.82, 2.24) is 4.90 Å². The van der Waals surface area contributed by atoms with E-state index in [4.69, 9.17) is 14.7 Å². The summed E-state index contributed by atoms with van der Waals surface area (Å²) in [6.45, 7) is 1.40. The first-order valence-corrected chi connectivity index (χ1v) is 11.5. The number of ether oxygens (including phenoxy) is 2. The summed E-state index contributed by atoms with van der Waals surface area (Å²) in [6.07, 6.45) is 1.57. The molecule has 0 aromatic heterocycles. The maximum absolute atomic E-state index is 13.2. The van der Waals surface area contributed by atoms with E-state index in [0.29, 0.717) is 37.5 Å². The van der Waals surface area contributed by atoms with E-state index in [0.717, 1.165) is 0 Å². The number of nitrogens with one attached hydrogen (secondary N) is 1. The average molecular weight is 444 g/mol. The van der Waals surface area contributed by atoms with Gasteiger partial charge < -0.3 is 14.4 Å². The summed E-state index contributed by atoms with van der Waals surface area (Å²) in [5.74, 6) is 0.0944. The zero-order valence-electron chi connectivity index (χ0n) is 17.3. The van der Waals surface area contributed by atoms with E-state index in [1.807, 2.05) is 0 Å². The van der Waals surface area contributed by atoms with Crippen LogP contribution in [0.4, 0.5) is 5.69 Å². The number of carbonyl (C=O) groups is 1. The third-order valence-corrected chi connectivity index (χ3v) is 6.46. The molecular formula is C22H25N3O5S. The van der Waals surface area contributed by atoms with E-state index in [1.165, 1.54) is 25.3 Å². The Morgan fingerprint density at radius 2 is 1.97 bits per heavy atom. The van der Waals surface area contributed by atoms with Crippen LogP contribution in [0.5, 0.6) is 5.75 Å². The topological polar surface area (TPSA) is 109 Å². The summed E-state index contributed by atoms with van der Waals surface area (Å²) < 4.78 is 39.0. The van der Waals surface area contributed by atoms with Gasteiger partial charge in [-0.3, -0.25) is 9.52 Å². The number of benzene rings is 2. The molecule has 1 aliphatic heterocycles. The van der Waals surface area contributed by atoms with Crippen LogP contribution in [0, 0.1) is 11.3 Å². The Bertz CT molecular complexity index is 1060. The molecule has 1 saturated heterocycles. The summed E-state index contributed by atoms with van der Waals surface area (Å²) in [6, 6.07) is 14.6. The number of nitriles is 1. The molecule has 1 heterocycles. The summed E-state index contributed by atoms with van der Waals surface area (Å²) in [7, 11) is -2.49. The quantitative estimate of drug-likeness (QED) is 0.672. The van der Waals surface area contributed by atoms with Crippen LogP contribution in [-0.4, -0.2) is 52.1 Å². The lowest BCUT2D eigenvalue weighted by molar-refractivity contribution is 0.0296. The van der Waals surface area contributed by atoms with Gasteiger partial charge in [-0.2, -0.15) is 5.26 Å². The van der Waals surface area contributed by atoms with Crippen molar-refractivity contribution in [1.29, 1.82) is 5.26 Å². The second kappa shape index (κ2) is 10.3. The van der Waals surface area contributed by atoms with Gasteiger partial charge in [-0.25, -0.2) is 8.42 Å². The van der Waals surface area contributed by atoms with E-state index in [2.05, 4.69) is 10.8 Å². The first-order chi connectivity index (χ1) is 15.0. The normalized spacial score (nSPS) is 14.5. The molecule has 8 nitrogen and oxygen atoms in total. The fourth-order valence-corrected chi connectivity index (χ4v) is 4.63. The highest BCUT2D eigenvalue weighted by atomic mass is 32.2. The molecule has 2 aromatic carbocycles. The Balaban J connectivity index is 1.86. The van der Waals surface area contributed by atoms with Crippen LogP contribution in [0.1, 0.15) is 29.6 Å². The molecule has 0 aliphatic carbocycles. The number of anilines is 1. The minimum atomic E-state index is -3.94. The highest BCUT2D eigenvalue weighted by Gasteiger charge is 2.27. The third-order valence-electron chi connectivity index (χ3n) is 5.10. The van der Waals surface area contributed by atoms with Gasteiger partial charge in [0.1, 0.15) is 5.75 Å². The van der Waals surface area contributed by atoms with Gasteiger partial charge in [-0.05, 0) is 43.2 Å². The first-order valence-electron chi connectivity index (χ1n) is 9.98. The standard InChI is InChI=1S/C22H25N3O5S/c1-29-21-9-3-2-8-20(21)24-31(27,28)19-7-4-6-17(16-19)22(26)25(13-5-12-23)18-10-14-30-15-11-18/h2-4,6-9,16,18,24H,5,10-11,13-15H2,1H3. The molecule has 1 amide bonds. The van der Waals surface area contributed by atoms with Crippen LogP contribution in [0.3, 0.4) is 0 Å². The number of amides is 1. The number of methoxy groups -OCH3 is 1. The molecule has 1 fully saturated rings. The van der Waals surface area contributed by atoms with E-state index in [1.54, 1.807) is 35.2 Å². The van der Waals surface area contributed by atoms with E-state index < -0.39 is 10.0 Å². The van der Waals surface area contributed by atoms with Crippen molar-refractivity contribution >= 4 is 21.6 Å². The smallest absolute Gasteiger partial charge is 0.262 e. The van der Waals surface area contributed by atoms with Crippen molar-refractivity contribution < 1.29 is 22.7 Å². The van der Waals surface area contributed by atoms with Crippen molar-refractivity contribution in [3.63, 3.8) is 0 Å². The third kappa shape index (κ3) is 5.54. The molecule has 0 saturated carbocycles. The maximum Gasteiger partial charge on any atom is 0.262 e. The first kappa shape index (κ1) is 22.6. The van der Waals surface area contributed by atoms with E-state index in [9.17, 15) is 13.2 Å². The van der Waals surface area contributed by atoms with Crippen LogP contribution >= 0.6 is 0 Å². The number of sulfonamides is 1. The second-order valence-corrected chi connectivity index (χ2v) is 8.77. The molecule has 9 heteroatoms. The highest BCUT2D eigenvalue weighted by Crippen LogP contribution is 2.27. The Morgan fingerprint density at radius 3 is 2.68 bits per heavy atom. The number of hydrogen-bond acceptors (Lipinski definition) is 6. The Hall–Kier alpha value is -3.09. The van der Waals surface area contributed by atoms with Gasteiger partial charge in [0, 0.05) is 31.4 Å². The molecule has 0 atom stereocenters. The fourth-order valence-electron chi connectivity index (χ4n) is 3.51. The van der Waals surface area contributed by atoms with Crippen LogP contribution in [0.15, 0.2) is 53.4 Å². The number of para-hydroxylation sites is 2. The van der Waals surface area contributed by atoms with Crippen molar-refractivity contribution in [3.8, 4) is 11.8 Å². The minimum absolute atomic E-state index is 0.0310. The van der Waals surface area contributed by atoms with Gasteiger partial charge in [0.25, 0.3) is 15.9 Å². The van der Waals surface area contributed by atoms with Crippen LogP contribution in [-0.2, 0) is 14.8 Å². The average Bonchev–Trinajstić information content (AvgIpc) is 2.80. The maximum atomic E-state index is 13.2. The Morgan fingerprint density at radius 1 is 1.23 bits per heavy atom. The minimum Gasteiger partial charge on any atom is -0.495 e. The molecule has 31 heavy (non-hydrogen) atoms. The number of carbonyl (C=O) groups excluding carboxylic acids is 1. The lowest BCUT2D eigenvalue weighted by atomic mass is 10.0. The molecule has 0 unspecified atom stereocenters. The summed E-state index contributed by atoms with van der Waals surface area (Å²) in [5, 5.41) is 8.99. The lowest BCUT2D eigenvalue weighted by Gasteiger charge is -2.34. The molecule has 0 radical (unpaired) electrons. The van der Waals surface area contributed by atoms with Gasteiger partial charge in [0.2, 0.25) is 0 Å². The van der Waals surface area contributed by atoms with Crippen molar-refractivity contribution in [2.75, 3.05) is 31.6 Å². The number of rotatable bonds is 8. The lowest BCUT2D eigenvalue weighted by Crippen LogP contribution is -2.44. The zero-order chi connectivity index (χ0) is 22.3. The molecule has 0 bridgehead atoms. The predicted molar refractivity (Wildman–Crippen MR) is 115 cm³/mol. The van der Waals surface area contributed by atoms with Gasteiger partial charge in [0.05, 0.1) is 30.2 Å². The van der Waals surface area contributed by atoms with Crippen LogP contribution in [0.25, 0.3) is 0 Å². The highest BCUT2D eigenvalue weighted by molar-refractivity contribution is 7.92. The number of nitrogens with zero attached hydrogens (tertiary/aromatic N) is 2. The largest absolute Gasteiger partial charge is 0.495 e.